The molecule has 1 aliphatic heterocycles. The van der Waals surface area contributed by atoms with E-state index in [-0.39, 0.29) is 0 Å². The van der Waals surface area contributed by atoms with Gasteiger partial charge in [-0.1, -0.05) is 0 Å². The van der Waals surface area contributed by atoms with Gasteiger partial charge in [-0.05, 0) is 0 Å². The Kier molecular flexibility index (Phi) is 0.667. The topological polar surface area (TPSA) is 26.5 Å². The van der Waals surface area contributed by atoms with Crippen molar-refractivity contribution in [2.75, 3.05) is 13.1 Å². The fourth-order valence-corrected chi connectivity index (χ4v) is 0.289. The molecule has 0 bridgehead atoms. The van der Waals surface area contributed by atoms with E-state index in [0.29, 0.717) is 0 Å². The van der Waals surface area contributed by atoms with Crippen molar-refractivity contribution in [3.05, 3.63) is 0 Å². The molecule has 0 unspecified atom stereocenters. The maximum absolute atomic E-state index is 3.79. The van der Waals surface area contributed by atoms with Gasteiger partial charge in [0.05, 0.1) is 0 Å². The summed E-state index contributed by atoms with van der Waals surface area (Å²) in [6.45, 7) is 1.81. The average Bonchev–Trinajstić information content (AvgIpc) is 1.76. The van der Waals surface area contributed by atoms with Crippen LogP contribution in [0.3, 0.4) is 0 Å². The summed E-state index contributed by atoms with van der Waals surface area (Å²) >= 11 is 0. The third-order valence-corrected chi connectivity index (χ3v) is 0.521. The van der Waals surface area contributed by atoms with Gasteiger partial charge >= 0.3 is 0 Å². The lowest BCUT2D eigenvalue weighted by molar-refractivity contribution is 0.952. The van der Waals surface area contributed by atoms with Crippen LogP contribution in [0.25, 0.3) is 0 Å². The molecular weight excluding hydrogens is 64.0 g/mol. The highest BCUT2D eigenvalue weighted by atomic mass is 15.0. The molecule has 5 heavy (non-hydrogen) atoms. The summed E-state index contributed by atoms with van der Waals surface area (Å²) in [6, 6.07) is 0. The Balaban J connectivity index is 2.32. The van der Waals surface area contributed by atoms with Crippen LogP contribution in [0.2, 0.25) is 0 Å². The standard InChI is InChI=1S/C3H5N2/c1-2-5-3-4-1/h3H,1-2H2/q+1. The van der Waals surface area contributed by atoms with Crippen LogP contribution in [-0.2, 0) is 0 Å². The molecule has 0 saturated carbocycles. The zero-order valence-electron chi connectivity index (χ0n) is 2.89. The number of aliphatic imine (C=N–C) groups is 1. The van der Waals surface area contributed by atoms with Crippen molar-refractivity contribution >= 4 is 6.34 Å². The average molecular weight is 69.1 g/mol. The number of hydrogen-bond donors (Lipinski definition) is 0. The lowest BCUT2D eigenvalue weighted by atomic mass is 10.7. The second-order valence-electron chi connectivity index (χ2n) is 0.928. The van der Waals surface area contributed by atoms with E-state index in [4.69, 9.17) is 0 Å². The molecule has 0 aromatic rings. The molecule has 0 N–H and O–H groups in total. The van der Waals surface area contributed by atoms with Gasteiger partial charge in [0.15, 0.2) is 0 Å². The molecule has 1 heterocycles. The molecule has 0 spiro atoms. The highest BCUT2D eigenvalue weighted by Gasteiger charge is 2.02. The van der Waals surface area contributed by atoms with Crippen molar-refractivity contribution in [3.63, 3.8) is 0 Å². The van der Waals surface area contributed by atoms with E-state index in [1.807, 2.05) is 0 Å². The summed E-state index contributed by atoms with van der Waals surface area (Å²) in [5.41, 5.74) is 0. The SMILES string of the molecule is C1=NCC[N+]1. The summed E-state index contributed by atoms with van der Waals surface area (Å²) in [5, 5.41) is 3.79. The molecule has 0 saturated heterocycles. The molecule has 2 heteroatoms. The van der Waals surface area contributed by atoms with E-state index in [0.717, 1.165) is 13.1 Å². The van der Waals surface area contributed by atoms with Gasteiger partial charge in [-0.3, -0.25) is 0 Å². The first-order chi connectivity index (χ1) is 2.50. The van der Waals surface area contributed by atoms with Gasteiger partial charge in [0.1, 0.15) is 11.9 Å². The Hall–Kier alpha value is -0.370. The third kappa shape index (κ3) is 0.450. The van der Waals surface area contributed by atoms with Gasteiger partial charge in [0.2, 0.25) is 6.54 Å². The maximum atomic E-state index is 3.79. The Bertz CT molecular complexity index is 42.9. The van der Waals surface area contributed by atoms with E-state index in [9.17, 15) is 0 Å². The van der Waals surface area contributed by atoms with Gasteiger partial charge in [-0.2, -0.15) is 0 Å². The molecule has 1 aliphatic rings. The van der Waals surface area contributed by atoms with Crippen LogP contribution in [0.4, 0.5) is 0 Å². The summed E-state index contributed by atoms with van der Waals surface area (Å²) < 4.78 is 0. The van der Waals surface area contributed by atoms with E-state index in [1.165, 1.54) is 0 Å². The fourth-order valence-electron chi connectivity index (χ4n) is 0.289. The van der Waals surface area contributed by atoms with Gasteiger partial charge in [0.25, 0.3) is 6.34 Å². The normalized spacial score (nSPS) is 20.8. The minimum absolute atomic E-state index is 0.903. The van der Waals surface area contributed by atoms with Crippen LogP contribution in [0.5, 0.6) is 0 Å². The quantitative estimate of drug-likeness (QED) is 0.371. The molecule has 2 nitrogen and oxygen atoms in total. The van der Waals surface area contributed by atoms with E-state index in [2.05, 4.69) is 10.3 Å². The maximum Gasteiger partial charge on any atom is 0.298 e. The van der Waals surface area contributed by atoms with Gasteiger partial charge < -0.3 is 0 Å². The summed E-state index contributed by atoms with van der Waals surface area (Å²) in [7, 11) is 0. The fraction of sp³-hybridized carbons (Fsp3) is 0.667. The zero-order valence-corrected chi connectivity index (χ0v) is 2.89. The first-order valence-electron chi connectivity index (χ1n) is 1.65. The molecule has 1 rings (SSSR count). The first-order valence-corrected chi connectivity index (χ1v) is 1.65. The zero-order chi connectivity index (χ0) is 3.54. The Morgan fingerprint density at radius 3 is 3.00 bits per heavy atom. The van der Waals surface area contributed by atoms with Crippen LogP contribution in [0, 0.1) is 0 Å². The molecule has 0 fully saturated rings. The van der Waals surface area contributed by atoms with Crippen molar-refractivity contribution in [3.8, 4) is 0 Å². The van der Waals surface area contributed by atoms with E-state index in [1.54, 1.807) is 6.34 Å². The van der Waals surface area contributed by atoms with Crippen molar-refractivity contribution in [1.29, 1.82) is 0 Å². The predicted octanol–water partition coefficient (Wildman–Crippen LogP) is -0.367. The minimum atomic E-state index is 0.903. The molecule has 0 atom stereocenters. The largest absolute Gasteiger partial charge is 0.298 e. The summed E-state index contributed by atoms with van der Waals surface area (Å²) in [5.74, 6) is 0. The molecular formula is C3H5N2+. The van der Waals surface area contributed by atoms with Crippen LogP contribution in [-0.4, -0.2) is 19.4 Å². The first kappa shape index (κ1) is 2.85. The third-order valence-electron chi connectivity index (χ3n) is 0.521. The molecule has 0 aromatic carbocycles. The molecule has 0 aliphatic carbocycles. The molecule has 0 aromatic heterocycles. The molecule has 2 radical (unpaired) electrons. The molecule has 0 amide bonds. The van der Waals surface area contributed by atoms with Gasteiger partial charge in [-0.15, -0.1) is 0 Å². The second kappa shape index (κ2) is 1.17. The van der Waals surface area contributed by atoms with Crippen LogP contribution >= 0.6 is 0 Å². The van der Waals surface area contributed by atoms with E-state index < -0.39 is 0 Å². The Labute approximate surface area is 30.9 Å². The Morgan fingerprint density at radius 1 is 1.80 bits per heavy atom. The van der Waals surface area contributed by atoms with Crippen molar-refractivity contribution in [2.45, 2.75) is 0 Å². The van der Waals surface area contributed by atoms with E-state index >= 15 is 0 Å². The predicted molar refractivity (Wildman–Crippen MR) is 20.4 cm³/mol. The highest BCUT2D eigenvalue weighted by molar-refractivity contribution is 5.55. The minimum Gasteiger partial charge on any atom is -0.226 e. The van der Waals surface area contributed by atoms with Crippen LogP contribution in [0.1, 0.15) is 0 Å². The van der Waals surface area contributed by atoms with Crippen LogP contribution < -0.4 is 5.32 Å². The van der Waals surface area contributed by atoms with Gasteiger partial charge in [-0.25, -0.2) is 4.99 Å². The smallest absolute Gasteiger partial charge is 0.226 e. The van der Waals surface area contributed by atoms with Gasteiger partial charge in [0, 0.05) is 0 Å². The highest BCUT2D eigenvalue weighted by Crippen LogP contribution is 1.71. The summed E-state index contributed by atoms with van der Waals surface area (Å²) in [4.78, 5) is 3.79. The Morgan fingerprint density at radius 2 is 2.80 bits per heavy atom. The second-order valence-corrected chi connectivity index (χ2v) is 0.928. The molecule has 26 valence electrons. The van der Waals surface area contributed by atoms with Crippen LogP contribution in [0.15, 0.2) is 4.99 Å². The lowest BCUT2D eigenvalue weighted by Gasteiger charge is -1.53. The lowest BCUT2D eigenvalue weighted by Crippen LogP contribution is -1.94. The number of hydrogen-bond acceptors (Lipinski definition) is 1. The van der Waals surface area contributed by atoms with Crippen molar-refractivity contribution in [2.24, 2.45) is 4.99 Å². The number of nitrogens with zero attached hydrogens (tertiary/aromatic N) is 2. The van der Waals surface area contributed by atoms with Crippen molar-refractivity contribution in [1.82, 2.24) is 5.32 Å². The monoisotopic (exact) mass is 69.0 g/mol. The van der Waals surface area contributed by atoms with Crippen molar-refractivity contribution < 1.29 is 0 Å². The number of rotatable bonds is 0. The summed E-state index contributed by atoms with van der Waals surface area (Å²) in [6.07, 6.45) is 1.61.